The summed E-state index contributed by atoms with van der Waals surface area (Å²) in [5.74, 6) is -18.7. The minimum Gasteiger partial charge on any atom is -0.456 e. The van der Waals surface area contributed by atoms with Crippen LogP contribution < -0.4 is 0 Å². The van der Waals surface area contributed by atoms with Gasteiger partial charge in [-0.3, -0.25) is 0 Å². The molecule has 10 heteroatoms. The van der Waals surface area contributed by atoms with E-state index >= 15 is 0 Å². The van der Waals surface area contributed by atoms with Crippen LogP contribution in [0.2, 0.25) is 0 Å². The summed E-state index contributed by atoms with van der Waals surface area (Å²) in [7, 11) is 0. The molecule has 0 aliphatic heterocycles. The molecule has 0 fully saturated rings. The zero-order valence-electron chi connectivity index (χ0n) is 17.9. The van der Waals surface area contributed by atoms with E-state index in [1.54, 1.807) is 12.1 Å². The van der Waals surface area contributed by atoms with E-state index in [4.69, 9.17) is 4.42 Å². The first-order valence-corrected chi connectivity index (χ1v) is 11.1. The third-order valence-electron chi connectivity index (χ3n) is 5.06. The summed E-state index contributed by atoms with van der Waals surface area (Å²) in [6.07, 6.45) is 1.22. The fourth-order valence-electron chi connectivity index (χ4n) is 3.15. The lowest BCUT2D eigenvalue weighted by atomic mass is 10.0. The standard InChI is InChI=1S/C24H20F6O3S/c1-3-15-7-5-6-8-18(15)20-11-16-9-10-17(12-19(16)33-20)34-14-23(27,28)24(29,30)22(25,26)13-32-21(31)4-2/h4-12H,2-3,13-14H2,1H3. The van der Waals surface area contributed by atoms with Gasteiger partial charge in [0.15, 0.2) is 6.61 Å². The van der Waals surface area contributed by atoms with Crippen molar-refractivity contribution in [2.75, 3.05) is 12.4 Å². The Kier molecular flexibility index (Phi) is 7.40. The second kappa shape index (κ2) is 9.77. The van der Waals surface area contributed by atoms with Crippen molar-refractivity contribution in [3.63, 3.8) is 0 Å². The summed E-state index contributed by atoms with van der Waals surface area (Å²) >= 11 is 0.280. The first-order valence-electron chi connectivity index (χ1n) is 10.1. The number of thioether (sulfide) groups is 1. The summed E-state index contributed by atoms with van der Waals surface area (Å²) in [5.41, 5.74) is 2.24. The average molecular weight is 502 g/mol. The van der Waals surface area contributed by atoms with Crippen LogP contribution in [0, 0.1) is 0 Å². The number of ether oxygens (including phenoxy) is 1. The molecule has 3 rings (SSSR count). The third kappa shape index (κ3) is 5.11. The fourth-order valence-corrected chi connectivity index (χ4v) is 4.03. The second-order valence-electron chi connectivity index (χ2n) is 7.40. The maximum absolute atomic E-state index is 14.2. The Bertz CT molecular complexity index is 1190. The molecule has 0 saturated carbocycles. The van der Waals surface area contributed by atoms with E-state index in [2.05, 4.69) is 11.3 Å². The van der Waals surface area contributed by atoms with E-state index in [1.807, 2.05) is 31.2 Å². The van der Waals surface area contributed by atoms with E-state index in [0.717, 1.165) is 17.5 Å². The number of furan rings is 1. The van der Waals surface area contributed by atoms with E-state index < -0.39 is 36.1 Å². The van der Waals surface area contributed by atoms with E-state index in [-0.39, 0.29) is 16.7 Å². The highest BCUT2D eigenvalue weighted by atomic mass is 32.2. The maximum atomic E-state index is 14.2. The average Bonchev–Trinajstić information content (AvgIpc) is 3.24. The molecule has 182 valence electrons. The molecule has 1 heterocycles. The van der Waals surface area contributed by atoms with Crippen LogP contribution in [0.5, 0.6) is 0 Å². The van der Waals surface area contributed by atoms with E-state index in [9.17, 15) is 31.1 Å². The first kappa shape index (κ1) is 25.7. The molecular weight excluding hydrogens is 482 g/mol. The smallest absolute Gasteiger partial charge is 0.376 e. The number of alkyl halides is 6. The van der Waals surface area contributed by atoms with Crippen molar-refractivity contribution in [2.45, 2.75) is 36.0 Å². The van der Waals surface area contributed by atoms with Gasteiger partial charge in [0.2, 0.25) is 0 Å². The highest BCUT2D eigenvalue weighted by Crippen LogP contribution is 2.48. The molecule has 0 radical (unpaired) electrons. The molecule has 0 bridgehead atoms. The Morgan fingerprint density at radius 2 is 1.76 bits per heavy atom. The van der Waals surface area contributed by atoms with Gasteiger partial charge in [-0.1, -0.05) is 37.8 Å². The molecule has 0 aliphatic rings. The minimum absolute atomic E-state index is 0.133. The molecule has 0 atom stereocenters. The topological polar surface area (TPSA) is 39.4 Å². The van der Waals surface area contributed by atoms with Crippen molar-refractivity contribution < 1.29 is 40.3 Å². The molecule has 3 aromatic rings. The van der Waals surface area contributed by atoms with Gasteiger partial charge in [0, 0.05) is 21.9 Å². The molecule has 0 amide bonds. The molecule has 3 nitrogen and oxygen atoms in total. The Hall–Kier alpha value is -2.88. The zero-order valence-corrected chi connectivity index (χ0v) is 18.7. The lowest BCUT2D eigenvalue weighted by Crippen LogP contribution is -2.57. The minimum atomic E-state index is -5.76. The Morgan fingerprint density at radius 1 is 1.06 bits per heavy atom. The number of carbonyl (C=O) groups excluding carboxylic acids is 1. The van der Waals surface area contributed by atoms with Gasteiger partial charge in [-0.15, -0.1) is 11.8 Å². The molecule has 0 aliphatic carbocycles. The SMILES string of the molecule is C=CC(=O)OCC(F)(F)C(F)(F)C(F)(F)CSc1ccc2cc(-c3ccccc3CC)oc2c1. The van der Waals surface area contributed by atoms with Crippen molar-refractivity contribution in [1.29, 1.82) is 0 Å². The van der Waals surface area contributed by atoms with Gasteiger partial charge in [-0.2, -0.15) is 26.3 Å². The number of hydrogen-bond donors (Lipinski definition) is 0. The molecule has 0 saturated heterocycles. The number of fused-ring (bicyclic) bond motifs is 1. The van der Waals surface area contributed by atoms with Gasteiger partial charge >= 0.3 is 23.7 Å². The van der Waals surface area contributed by atoms with Crippen LogP contribution in [0.25, 0.3) is 22.3 Å². The van der Waals surface area contributed by atoms with Crippen LogP contribution >= 0.6 is 11.8 Å². The van der Waals surface area contributed by atoms with Crippen LogP contribution in [0.3, 0.4) is 0 Å². The lowest BCUT2D eigenvalue weighted by Gasteiger charge is -2.32. The molecular formula is C24H20F6O3S. The summed E-state index contributed by atoms with van der Waals surface area (Å²) in [6.45, 7) is 2.70. The van der Waals surface area contributed by atoms with Crippen molar-refractivity contribution >= 4 is 28.7 Å². The molecule has 2 aromatic carbocycles. The molecule has 0 spiro atoms. The van der Waals surface area contributed by atoms with Crippen molar-refractivity contribution in [1.82, 2.24) is 0 Å². The first-order chi connectivity index (χ1) is 15.9. The Labute approximate surface area is 195 Å². The third-order valence-corrected chi connectivity index (χ3v) is 6.15. The predicted octanol–water partition coefficient (Wildman–Crippen LogP) is 7.39. The highest BCUT2D eigenvalue weighted by molar-refractivity contribution is 7.99. The number of esters is 1. The summed E-state index contributed by atoms with van der Waals surface area (Å²) in [5, 5.41) is 0.665. The number of carbonyl (C=O) groups is 1. The zero-order chi connectivity index (χ0) is 25.1. The number of halogens is 6. The maximum Gasteiger partial charge on any atom is 0.376 e. The number of rotatable bonds is 10. The fraction of sp³-hybridized carbons (Fsp3) is 0.292. The van der Waals surface area contributed by atoms with Crippen molar-refractivity contribution in [3.8, 4) is 11.3 Å². The van der Waals surface area contributed by atoms with Gasteiger partial charge in [-0.25, -0.2) is 4.79 Å². The Morgan fingerprint density at radius 3 is 2.44 bits per heavy atom. The monoisotopic (exact) mass is 502 g/mol. The van der Waals surface area contributed by atoms with Gasteiger partial charge < -0.3 is 9.15 Å². The largest absolute Gasteiger partial charge is 0.456 e. The van der Waals surface area contributed by atoms with Crippen LogP contribution in [0.1, 0.15) is 12.5 Å². The molecule has 1 aromatic heterocycles. The van der Waals surface area contributed by atoms with Gasteiger partial charge in [0.1, 0.15) is 11.3 Å². The normalized spacial score (nSPS) is 12.7. The Balaban J connectivity index is 1.77. The summed E-state index contributed by atoms with van der Waals surface area (Å²) < 4.78 is 93.6. The molecule has 0 unspecified atom stereocenters. The summed E-state index contributed by atoms with van der Waals surface area (Å²) in [6, 6.07) is 13.7. The molecule has 34 heavy (non-hydrogen) atoms. The quantitative estimate of drug-likeness (QED) is 0.125. The predicted molar refractivity (Wildman–Crippen MR) is 118 cm³/mol. The number of hydrogen-bond acceptors (Lipinski definition) is 4. The van der Waals surface area contributed by atoms with Gasteiger partial charge in [-0.05, 0) is 36.2 Å². The highest BCUT2D eigenvalue weighted by Gasteiger charge is 2.71. The van der Waals surface area contributed by atoms with E-state index in [0.29, 0.717) is 22.8 Å². The number of aryl methyl sites for hydroxylation is 1. The second-order valence-corrected chi connectivity index (χ2v) is 8.45. The number of benzene rings is 2. The van der Waals surface area contributed by atoms with Crippen molar-refractivity contribution in [3.05, 3.63) is 66.7 Å². The van der Waals surface area contributed by atoms with Crippen LogP contribution in [0.15, 0.2) is 70.5 Å². The lowest BCUT2D eigenvalue weighted by molar-refractivity contribution is -0.309. The molecule has 0 N–H and O–H groups in total. The van der Waals surface area contributed by atoms with Crippen molar-refractivity contribution in [2.24, 2.45) is 0 Å². The van der Waals surface area contributed by atoms with Gasteiger partial charge in [0.25, 0.3) is 0 Å². The van der Waals surface area contributed by atoms with Crippen LogP contribution in [-0.4, -0.2) is 36.1 Å². The van der Waals surface area contributed by atoms with Gasteiger partial charge in [0.05, 0.1) is 5.75 Å². The van der Waals surface area contributed by atoms with Crippen LogP contribution in [-0.2, 0) is 16.0 Å². The summed E-state index contributed by atoms with van der Waals surface area (Å²) in [4.78, 5) is 11.0. The van der Waals surface area contributed by atoms with Crippen LogP contribution in [0.4, 0.5) is 26.3 Å². The van der Waals surface area contributed by atoms with E-state index in [1.165, 1.54) is 12.1 Å².